The Balaban J connectivity index is 1.10. The summed E-state index contributed by atoms with van der Waals surface area (Å²) in [6.45, 7) is 7.44. The molecule has 11 heteroatoms. The number of rotatable bonds is 7. The molecule has 0 aromatic carbocycles. The molecule has 0 amide bonds. The van der Waals surface area contributed by atoms with Gasteiger partial charge < -0.3 is 19.1 Å². The average molecular weight is 531 g/mol. The molecule has 0 saturated carbocycles. The number of hydrogen-bond donors (Lipinski definition) is 3. The van der Waals surface area contributed by atoms with Crippen molar-refractivity contribution in [2.75, 3.05) is 51.5 Å². The number of allylic oxidation sites excluding steroid dienone is 2. The van der Waals surface area contributed by atoms with Gasteiger partial charge in [0.1, 0.15) is 17.7 Å². The summed E-state index contributed by atoms with van der Waals surface area (Å²) in [6.07, 6.45) is 8.10. The zero-order valence-corrected chi connectivity index (χ0v) is 22.3. The number of morpholine rings is 1. The van der Waals surface area contributed by atoms with Crippen LogP contribution in [0.4, 0.5) is 5.82 Å². The fourth-order valence-corrected chi connectivity index (χ4v) is 6.11. The highest BCUT2D eigenvalue weighted by Gasteiger charge is 2.39. The van der Waals surface area contributed by atoms with Crippen LogP contribution in [-0.2, 0) is 16.0 Å². The maximum atomic E-state index is 5.95. The molecule has 5 aliphatic heterocycles. The summed E-state index contributed by atoms with van der Waals surface area (Å²) in [5.41, 5.74) is 15.8. The number of ether oxygens (including phenoxy) is 3. The molecule has 0 aliphatic carbocycles. The van der Waals surface area contributed by atoms with Crippen LogP contribution in [0.5, 0.6) is 5.88 Å². The van der Waals surface area contributed by atoms with Gasteiger partial charge in [0.25, 0.3) is 0 Å². The predicted octanol–water partition coefficient (Wildman–Crippen LogP) is 1.36. The molecule has 3 fully saturated rings. The Morgan fingerprint density at radius 1 is 1.08 bits per heavy atom. The predicted molar refractivity (Wildman–Crippen MR) is 146 cm³/mol. The first kappa shape index (κ1) is 24.6. The number of aromatic nitrogens is 2. The van der Waals surface area contributed by atoms with E-state index in [4.69, 9.17) is 19.2 Å². The van der Waals surface area contributed by atoms with Crippen LogP contribution in [0.2, 0.25) is 0 Å². The van der Waals surface area contributed by atoms with Crippen LogP contribution >= 0.6 is 0 Å². The van der Waals surface area contributed by atoms with Gasteiger partial charge >= 0.3 is 0 Å². The van der Waals surface area contributed by atoms with E-state index in [9.17, 15) is 0 Å². The van der Waals surface area contributed by atoms with Crippen LogP contribution in [0.25, 0.3) is 5.57 Å². The molecular weight excluding hydrogens is 496 g/mol. The van der Waals surface area contributed by atoms with E-state index in [1.54, 1.807) is 7.11 Å². The molecule has 3 saturated heterocycles. The summed E-state index contributed by atoms with van der Waals surface area (Å²) in [5, 5.41) is 2.07. The fourth-order valence-electron chi connectivity index (χ4n) is 6.11. The van der Waals surface area contributed by atoms with Gasteiger partial charge in [0.05, 0.1) is 50.9 Å². The van der Waals surface area contributed by atoms with Crippen molar-refractivity contribution in [3.63, 3.8) is 0 Å². The molecular formula is C28H34N8O3. The monoisotopic (exact) mass is 530 g/mol. The number of pyridine rings is 2. The molecule has 0 spiro atoms. The Hall–Kier alpha value is -3.48. The Bertz CT molecular complexity index is 1300. The Morgan fingerprint density at radius 2 is 1.95 bits per heavy atom. The summed E-state index contributed by atoms with van der Waals surface area (Å²) >= 11 is 0. The SMILES string of the molecule is CCOC1=CN2NC3NNCC3=C2C(c2ccc(N3CC4COCC(C3)N4Cc3ccc(OC)nc3)nc2)=C1. The topological polar surface area (TPSA) is 99.3 Å². The molecule has 7 rings (SSSR count). The maximum absolute atomic E-state index is 5.95. The van der Waals surface area contributed by atoms with Crippen LogP contribution in [0.1, 0.15) is 18.1 Å². The fraction of sp³-hybridized carbons (Fsp3) is 0.429. The number of hydrogen-bond acceptors (Lipinski definition) is 11. The molecule has 39 heavy (non-hydrogen) atoms. The van der Waals surface area contributed by atoms with Crippen molar-refractivity contribution in [2.24, 2.45) is 0 Å². The van der Waals surface area contributed by atoms with Crippen molar-refractivity contribution in [3.05, 3.63) is 77.1 Å². The minimum Gasteiger partial charge on any atom is -0.492 e. The van der Waals surface area contributed by atoms with E-state index < -0.39 is 0 Å². The summed E-state index contributed by atoms with van der Waals surface area (Å²) in [4.78, 5) is 14.3. The second kappa shape index (κ2) is 10.2. The lowest BCUT2D eigenvalue weighted by atomic mass is 9.97. The van der Waals surface area contributed by atoms with Crippen molar-refractivity contribution < 1.29 is 14.2 Å². The third-order valence-electron chi connectivity index (χ3n) is 7.97. The summed E-state index contributed by atoms with van der Waals surface area (Å²) < 4.78 is 17.0. The molecule has 2 aromatic rings. The normalized spacial score (nSPS) is 26.3. The number of methoxy groups -OCH3 is 1. The lowest BCUT2D eigenvalue weighted by molar-refractivity contribution is -0.0620. The number of nitrogens with zero attached hydrogens (tertiary/aromatic N) is 5. The minimum atomic E-state index is 0.0690. The van der Waals surface area contributed by atoms with Crippen LogP contribution < -0.4 is 25.9 Å². The molecule has 3 N–H and O–H groups in total. The van der Waals surface area contributed by atoms with Gasteiger partial charge in [-0.1, -0.05) is 6.07 Å². The van der Waals surface area contributed by atoms with Crippen molar-refractivity contribution in [1.29, 1.82) is 0 Å². The highest BCUT2D eigenvalue weighted by atomic mass is 16.5. The molecule has 2 bridgehead atoms. The van der Waals surface area contributed by atoms with E-state index >= 15 is 0 Å². The summed E-state index contributed by atoms with van der Waals surface area (Å²) in [7, 11) is 1.64. The molecule has 7 heterocycles. The van der Waals surface area contributed by atoms with E-state index in [-0.39, 0.29) is 6.17 Å². The number of anilines is 1. The Morgan fingerprint density at radius 3 is 2.67 bits per heavy atom. The number of fused-ring (bicyclic) bond motifs is 4. The maximum Gasteiger partial charge on any atom is 0.212 e. The Labute approximate surface area is 228 Å². The average Bonchev–Trinajstić information content (AvgIpc) is 3.55. The Kier molecular flexibility index (Phi) is 6.45. The van der Waals surface area contributed by atoms with E-state index in [2.05, 4.69) is 60.3 Å². The third-order valence-corrected chi connectivity index (χ3v) is 7.97. The van der Waals surface area contributed by atoms with Gasteiger partial charge in [0.15, 0.2) is 0 Å². The number of nitrogens with one attached hydrogen (secondary N) is 3. The first-order valence-electron chi connectivity index (χ1n) is 13.6. The van der Waals surface area contributed by atoms with Crippen LogP contribution in [0.15, 0.2) is 66.0 Å². The van der Waals surface area contributed by atoms with Gasteiger partial charge in [-0.25, -0.2) is 20.8 Å². The van der Waals surface area contributed by atoms with Crippen molar-refractivity contribution in [1.82, 2.24) is 36.2 Å². The second-order valence-electron chi connectivity index (χ2n) is 10.4. The highest BCUT2D eigenvalue weighted by molar-refractivity contribution is 5.83. The molecule has 0 radical (unpaired) electrons. The second-order valence-corrected chi connectivity index (χ2v) is 10.4. The van der Waals surface area contributed by atoms with Gasteiger partial charge in [-0.3, -0.25) is 15.3 Å². The standard InChI is InChI=1S/C28H34N8O3/c1-3-39-22-8-23(27-24-11-31-32-28(24)33-36(27)15-22)19-5-6-25(29-10-19)34-13-20-16-38-17-21(14-34)35(20)12-18-4-7-26(37-2)30-9-18/h4-10,15,20-21,28,31-33H,3,11-14,16-17H2,1-2H3. The molecule has 204 valence electrons. The highest BCUT2D eigenvalue weighted by Crippen LogP contribution is 2.38. The van der Waals surface area contributed by atoms with Crippen molar-refractivity contribution >= 4 is 11.4 Å². The number of piperazine rings is 1. The summed E-state index contributed by atoms with van der Waals surface area (Å²) in [6, 6.07) is 8.94. The summed E-state index contributed by atoms with van der Waals surface area (Å²) in [5.74, 6) is 2.47. The first-order chi connectivity index (χ1) is 19.2. The molecule has 2 aromatic heterocycles. The lowest BCUT2D eigenvalue weighted by Gasteiger charge is -2.50. The molecule has 3 unspecified atom stereocenters. The largest absolute Gasteiger partial charge is 0.492 e. The van der Waals surface area contributed by atoms with Gasteiger partial charge in [-0.2, -0.15) is 0 Å². The van der Waals surface area contributed by atoms with E-state index in [1.807, 2.05) is 31.6 Å². The zero-order valence-electron chi connectivity index (χ0n) is 22.3. The number of hydrazine groups is 2. The van der Waals surface area contributed by atoms with Crippen molar-refractivity contribution in [2.45, 2.75) is 31.7 Å². The smallest absolute Gasteiger partial charge is 0.212 e. The van der Waals surface area contributed by atoms with E-state index in [0.717, 1.165) is 67.8 Å². The van der Waals surface area contributed by atoms with Gasteiger partial charge in [0, 0.05) is 61.3 Å². The lowest BCUT2D eigenvalue weighted by Crippen LogP contribution is -2.64. The van der Waals surface area contributed by atoms with E-state index in [1.165, 1.54) is 11.1 Å². The van der Waals surface area contributed by atoms with Gasteiger partial charge in [0.2, 0.25) is 5.88 Å². The van der Waals surface area contributed by atoms with Crippen LogP contribution in [0.3, 0.4) is 0 Å². The first-order valence-corrected chi connectivity index (χ1v) is 13.6. The van der Waals surface area contributed by atoms with Crippen LogP contribution in [0, 0.1) is 0 Å². The van der Waals surface area contributed by atoms with Gasteiger partial charge in [-0.15, -0.1) is 0 Å². The van der Waals surface area contributed by atoms with Gasteiger partial charge in [-0.05, 0) is 30.7 Å². The quantitative estimate of drug-likeness (QED) is 0.484. The molecule has 11 nitrogen and oxygen atoms in total. The minimum absolute atomic E-state index is 0.0690. The zero-order chi connectivity index (χ0) is 26.3. The molecule has 5 aliphatic rings. The third kappa shape index (κ3) is 4.56. The van der Waals surface area contributed by atoms with Crippen molar-refractivity contribution in [3.8, 4) is 5.88 Å². The van der Waals surface area contributed by atoms with E-state index in [0.29, 0.717) is 24.6 Å². The van der Waals surface area contributed by atoms with Crippen LogP contribution in [-0.4, -0.2) is 84.7 Å². The molecule has 3 atom stereocenters.